The molecule has 4 rings (SSSR count). The van der Waals surface area contributed by atoms with E-state index < -0.39 is 65.9 Å². The zero-order valence-corrected chi connectivity index (χ0v) is 22.5. The molecule has 2 aromatic carbocycles. The Bertz CT molecular complexity index is 1430. The number of benzene rings is 2. The fourth-order valence-corrected chi connectivity index (χ4v) is 5.39. The molecule has 1 aliphatic heterocycles. The lowest BCUT2D eigenvalue weighted by Crippen LogP contribution is -2.36. The lowest BCUT2D eigenvalue weighted by atomic mass is 10.1. The molecule has 14 heteroatoms. The predicted molar refractivity (Wildman–Crippen MR) is 138 cm³/mol. The number of likely N-dealkylation sites (N-methyl/N-ethyl adjacent to an activating group) is 1. The van der Waals surface area contributed by atoms with Gasteiger partial charge in [0, 0.05) is 30.3 Å². The van der Waals surface area contributed by atoms with Crippen LogP contribution in [0.15, 0.2) is 53.4 Å². The number of anilines is 2. The Labute approximate surface area is 234 Å². The molecule has 1 atom stereocenters. The van der Waals surface area contributed by atoms with Crippen LogP contribution in [-0.2, 0) is 12.8 Å². The molecule has 0 aliphatic carbocycles. The van der Waals surface area contributed by atoms with Crippen molar-refractivity contribution < 1.29 is 45.4 Å². The number of nitrogens with zero attached hydrogens (tertiary/aromatic N) is 3. The largest absolute Gasteiger partial charge is 0.488 e. The van der Waals surface area contributed by atoms with Crippen LogP contribution in [0.4, 0.5) is 42.1 Å². The molecule has 0 unspecified atom stereocenters. The number of ether oxygens (including phenoxy) is 1. The van der Waals surface area contributed by atoms with Gasteiger partial charge in [-0.15, -0.1) is 0 Å². The number of fused-ring (bicyclic) bond motifs is 1. The maximum atomic E-state index is 14.3. The van der Waals surface area contributed by atoms with Crippen molar-refractivity contribution in [2.45, 2.75) is 49.4 Å². The van der Waals surface area contributed by atoms with E-state index in [1.54, 1.807) is 11.4 Å². The first kappa shape index (κ1) is 30.4. The Morgan fingerprint density at radius 1 is 1.12 bits per heavy atom. The molecule has 0 saturated heterocycles. The molecule has 1 aromatic heterocycles. The average Bonchev–Trinajstić information content (AvgIpc) is 3.00. The summed E-state index contributed by atoms with van der Waals surface area (Å²) in [6, 6.07) is 8.47. The first-order valence-corrected chi connectivity index (χ1v) is 13.0. The summed E-state index contributed by atoms with van der Waals surface area (Å²) in [5, 5.41) is 9.31. The molecule has 0 radical (unpaired) electrons. The van der Waals surface area contributed by atoms with E-state index in [-0.39, 0.29) is 34.8 Å². The predicted octanol–water partition coefficient (Wildman–Crippen LogP) is 7.55. The minimum atomic E-state index is -4.93. The number of halogens is 7. The van der Waals surface area contributed by atoms with Crippen molar-refractivity contribution >= 4 is 29.3 Å². The molecule has 0 amide bonds. The van der Waals surface area contributed by atoms with E-state index in [0.29, 0.717) is 0 Å². The lowest BCUT2D eigenvalue weighted by molar-refractivity contribution is -0.139. The van der Waals surface area contributed by atoms with Gasteiger partial charge in [0.1, 0.15) is 18.2 Å². The first-order chi connectivity index (χ1) is 19.1. The standard InChI is InChI=1S/C27H24F7N3O3S/c1-26(30,31)9-8-18-13-37(17-5-3-4-16(28)10-17)20-11-19(27(32,33)34)21(12-22(20)41-36(18)2)40-14-15-6-7-23(29)35-24(15)25(38)39/h3-7,10-12,18H,8-9,13-14H2,1-2H3,(H,38,39)/t18-/m1/s1. The first-order valence-electron chi connectivity index (χ1n) is 12.2. The second-order valence-electron chi connectivity index (χ2n) is 9.54. The molecule has 41 heavy (non-hydrogen) atoms. The van der Waals surface area contributed by atoms with Crippen LogP contribution in [0.5, 0.6) is 5.75 Å². The highest BCUT2D eigenvalue weighted by Gasteiger charge is 2.38. The quantitative estimate of drug-likeness (QED) is 0.162. The van der Waals surface area contributed by atoms with Gasteiger partial charge in [0.05, 0.1) is 16.1 Å². The Hall–Kier alpha value is -3.52. The van der Waals surface area contributed by atoms with Gasteiger partial charge in [-0.2, -0.15) is 17.6 Å². The third-order valence-electron chi connectivity index (χ3n) is 6.37. The summed E-state index contributed by atoms with van der Waals surface area (Å²) in [4.78, 5) is 16.4. The molecule has 0 fully saturated rings. The van der Waals surface area contributed by atoms with Gasteiger partial charge in [0.15, 0.2) is 5.69 Å². The van der Waals surface area contributed by atoms with Gasteiger partial charge in [-0.05, 0) is 74.8 Å². The van der Waals surface area contributed by atoms with E-state index in [2.05, 4.69) is 4.98 Å². The van der Waals surface area contributed by atoms with Crippen molar-refractivity contribution in [1.29, 1.82) is 0 Å². The highest BCUT2D eigenvalue weighted by atomic mass is 32.2. The highest BCUT2D eigenvalue weighted by Crippen LogP contribution is 2.48. The van der Waals surface area contributed by atoms with Crippen LogP contribution in [0, 0.1) is 11.8 Å². The highest BCUT2D eigenvalue weighted by molar-refractivity contribution is 7.97. The number of carbonyl (C=O) groups is 1. The van der Waals surface area contributed by atoms with Crippen molar-refractivity contribution in [1.82, 2.24) is 9.29 Å². The number of aromatic nitrogens is 1. The molecule has 0 saturated carbocycles. The van der Waals surface area contributed by atoms with Gasteiger partial charge in [-0.3, -0.25) is 0 Å². The van der Waals surface area contributed by atoms with Gasteiger partial charge < -0.3 is 14.7 Å². The smallest absolute Gasteiger partial charge is 0.420 e. The molecule has 3 aromatic rings. The Morgan fingerprint density at radius 2 is 1.85 bits per heavy atom. The number of hydrogen-bond donors (Lipinski definition) is 1. The van der Waals surface area contributed by atoms with Crippen molar-refractivity contribution in [3.63, 3.8) is 0 Å². The normalized spacial score (nSPS) is 16.3. The summed E-state index contributed by atoms with van der Waals surface area (Å²) in [6.07, 6.45) is -5.41. The van der Waals surface area contributed by atoms with Gasteiger partial charge >= 0.3 is 12.1 Å². The van der Waals surface area contributed by atoms with Crippen LogP contribution in [-0.4, -0.2) is 45.9 Å². The zero-order valence-electron chi connectivity index (χ0n) is 21.7. The number of pyridine rings is 1. The molecule has 1 aliphatic rings. The second kappa shape index (κ2) is 11.8. The van der Waals surface area contributed by atoms with E-state index in [1.807, 2.05) is 0 Å². The number of aromatic carboxylic acids is 1. The van der Waals surface area contributed by atoms with Crippen molar-refractivity contribution in [2.24, 2.45) is 0 Å². The van der Waals surface area contributed by atoms with Gasteiger partial charge in [0.2, 0.25) is 11.9 Å². The van der Waals surface area contributed by atoms with E-state index in [4.69, 9.17) is 4.74 Å². The monoisotopic (exact) mass is 603 g/mol. The number of carboxylic acids is 1. The number of rotatable bonds is 8. The Morgan fingerprint density at radius 3 is 2.49 bits per heavy atom. The minimum absolute atomic E-state index is 0.00216. The van der Waals surface area contributed by atoms with Crippen LogP contribution in [0.2, 0.25) is 0 Å². The molecule has 220 valence electrons. The van der Waals surface area contributed by atoms with Crippen LogP contribution >= 0.6 is 11.9 Å². The van der Waals surface area contributed by atoms with E-state index in [9.17, 15) is 40.6 Å². The summed E-state index contributed by atoms with van der Waals surface area (Å²) >= 11 is 1.01. The SMILES string of the molecule is CN1Sc2cc(OCc3ccc(F)nc3C(=O)O)c(C(F)(F)F)cc2N(c2cccc(F)c2)C[C@H]1CCC(C)(F)F. The van der Waals surface area contributed by atoms with Gasteiger partial charge in [-0.1, -0.05) is 6.07 Å². The maximum Gasteiger partial charge on any atom is 0.420 e. The Kier molecular flexibility index (Phi) is 8.73. The number of carboxylic acid groups (broad SMARTS) is 1. The molecule has 2 heterocycles. The summed E-state index contributed by atoms with van der Waals surface area (Å²) in [5.41, 5.74) is -1.80. The third-order valence-corrected chi connectivity index (χ3v) is 7.48. The fraction of sp³-hybridized carbons (Fsp3) is 0.333. The summed E-state index contributed by atoms with van der Waals surface area (Å²) < 4.78 is 105. The minimum Gasteiger partial charge on any atom is -0.488 e. The molecule has 0 bridgehead atoms. The summed E-state index contributed by atoms with van der Waals surface area (Å²) in [6.45, 7) is 0.0947. The summed E-state index contributed by atoms with van der Waals surface area (Å²) in [5.74, 6) is -6.92. The van der Waals surface area contributed by atoms with Crippen molar-refractivity contribution in [3.8, 4) is 5.75 Å². The lowest BCUT2D eigenvalue weighted by Gasteiger charge is -2.30. The number of hydrogen-bond acceptors (Lipinski definition) is 6. The molecule has 6 nitrogen and oxygen atoms in total. The van der Waals surface area contributed by atoms with E-state index in [1.165, 1.54) is 23.1 Å². The zero-order chi connectivity index (χ0) is 30.1. The average molecular weight is 604 g/mol. The number of alkyl halides is 5. The van der Waals surface area contributed by atoms with Crippen LogP contribution in [0.25, 0.3) is 0 Å². The Balaban J connectivity index is 1.79. The van der Waals surface area contributed by atoms with Crippen molar-refractivity contribution in [3.05, 3.63) is 77.1 Å². The van der Waals surface area contributed by atoms with Crippen LogP contribution in [0.1, 0.15) is 41.4 Å². The molecular formula is C27H24F7N3O3S. The van der Waals surface area contributed by atoms with E-state index in [0.717, 1.165) is 49.2 Å². The molecule has 1 N–H and O–H groups in total. The second-order valence-corrected chi connectivity index (χ2v) is 10.7. The summed E-state index contributed by atoms with van der Waals surface area (Å²) in [7, 11) is 1.61. The van der Waals surface area contributed by atoms with Crippen LogP contribution < -0.4 is 9.64 Å². The van der Waals surface area contributed by atoms with Crippen molar-refractivity contribution in [2.75, 3.05) is 18.5 Å². The van der Waals surface area contributed by atoms with Gasteiger partial charge in [0.25, 0.3) is 0 Å². The molecule has 0 spiro atoms. The van der Waals surface area contributed by atoms with E-state index >= 15 is 0 Å². The van der Waals surface area contributed by atoms with Gasteiger partial charge in [-0.25, -0.2) is 27.3 Å². The topological polar surface area (TPSA) is 65.9 Å². The maximum absolute atomic E-state index is 14.3. The molecular weight excluding hydrogens is 579 g/mol. The fourth-order valence-electron chi connectivity index (χ4n) is 4.33. The van der Waals surface area contributed by atoms with Crippen LogP contribution in [0.3, 0.4) is 0 Å². The third kappa shape index (κ3) is 7.41.